The van der Waals surface area contributed by atoms with Gasteiger partial charge in [0.15, 0.2) is 0 Å². The maximum absolute atomic E-state index is 4.46. The number of nitrogens with zero attached hydrogens (tertiary/aromatic N) is 2. The molecule has 1 aliphatic heterocycles. The average Bonchev–Trinajstić information content (AvgIpc) is 2.78. The largest absolute Gasteiger partial charge is 0.317 e. The minimum absolute atomic E-state index is 0.528. The van der Waals surface area contributed by atoms with Gasteiger partial charge >= 0.3 is 0 Å². The summed E-state index contributed by atoms with van der Waals surface area (Å²) in [5, 5.41) is 7.86. The van der Waals surface area contributed by atoms with Crippen LogP contribution in [0.25, 0.3) is 0 Å². The molecule has 1 aromatic heterocycles. The molecule has 3 heteroatoms. The zero-order valence-corrected chi connectivity index (χ0v) is 9.74. The van der Waals surface area contributed by atoms with Gasteiger partial charge in [0.2, 0.25) is 0 Å². The van der Waals surface area contributed by atoms with E-state index in [-0.39, 0.29) is 0 Å². The molecule has 0 amide bonds. The molecule has 0 aromatic carbocycles. The monoisotopic (exact) mass is 207 g/mol. The molecule has 1 saturated heterocycles. The Labute approximate surface area is 91.9 Å². The summed E-state index contributed by atoms with van der Waals surface area (Å²) < 4.78 is 2.11. The highest BCUT2D eigenvalue weighted by molar-refractivity contribution is 5.12. The van der Waals surface area contributed by atoms with Gasteiger partial charge in [-0.2, -0.15) is 5.10 Å². The summed E-state index contributed by atoms with van der Waals surface area (Å²) in [5.74, 6) is 0.726. The van der Waals surface area contributed by atoms with Gasteiger partial charge in [0.05, 0.1) is 6.20 Å². The molecule has 1 N–H and O–H groups in total. The summed E-state index contributed by atoms with van der Waals surface area (Å²) in [6.45, 7) is 6.73. The van der Waals surface area contributed by atoms with Gasteiger partial charge in [-0.15, -0.1) is 0 Å². The van der Waals surface area contributed by atoms with Gasteiger partial charge in [0, 0.05) is 12.2 Å². The van der Waals surface area contributed by atoms with Gasteiger partial charge in [-0.1, -0.05) is 6.92 Å². The predicted molar refractivity (Wildman–Crippen MR) is 62.1 cm³/mol. The third-order valence-corrected chi connectivity index (χ3v) is 3.47. The fraction of sp³-hybridized carbons (Fsp3) is 0.750. The smallest absolute Gasteiger partial charge is 0.0524 e. The van der Waals surface area contributed by atoms with Crippen LogP contribution >= 0.6 is 0 Å². The second-order valence-corrected chi connectivity index (χ2v) is 4.54. The van der Waals surface area contributed by atoms with Crippen molar-refractivity contribution in [2.75, 3.05) is 13.1 Å². The number of hydrogen-bond donors (Lipinski definition) is 1. The fourth-order valence-electron chi connectivity index (χ4n) is 2.15. The number of aromatic nitrogens is 2. The molecule has 0 bridgehead atoms. The lowest BCUT2D eigenvalue weighted by Gasteiger charge is -2.21. The maximum atomic E-state index is 4.46. The molecule has 0 unspecified atom stereocenters. The van der Waals surface area contributed by atoms with E-state index in [2.05, 4.69) is 41.3 Å². The van der Waals surface area contributed by atoms with Crippen LogP contribution in [0.15, 0.2) is 12.4 Å². The van der Waals surface area contributed by atoms with Crippen molar-refractivity contribution in [2.24, 2.45) is 0 Å². The summed E-state index contributed by atoms with van der Waals surface area (Å²) in [7, 11) is 0. The Kier molecular flexibility index (Phi) is 3.41. The molecule has 1 atom stereocenters. The minimum Gasteiger partial charge on any atom is -0.317 e. The molecule has 0 radical (unpaired) electrons. The van der Waals surface area contributed by atoms with E-state index < -0.39 is 0 Å². The molecule has 2 heterocycles. The van der Waals surface area contributed by atoms with E-state index in [1.807, 2.05) is 0 Å². The molecule has 15 heavy (non-hydrogen) atoms. The molecule has 0 spiro atoms. The second kappa shape index (κ2) is 4.79. The van der Waals surface area contributed by atoms with Crippen LogP contribution in [0.3, 0.4) is 0 Å². The van der Waals surface area contributed by atoms with Crippen LogP contribution in [0.1, 0.15) is 50.6 Å². The Morgan fingerprint density at radius 2 is 2.27 bits per heavy atom. The van der Waals surface area contributed by atoms with E-state index in [1.54, 1.807) is 0 Å². The number of rotatable bonds is 3. The van der Waals surface area contributed by atoms with Crippen molar-refractivity contribution in [1.82, 2.24) is 15.1 Å². The van der Waals surface area contributed by atoms with Crippen molar-refractivity contribution >= 4 is 0 Å². The topological polar surface area (TPSA) is 29.9 Å². The van der Waals surface area contributed by atoms with Crippen LogP contribution in [0.4, 0.5) is 0 Å². The van der Waals surface area contributed by atoms with Gasteiger partial charge in [-0.05, 0) is 50.8 Å². The SMILES string of the molecule is CC[C@H](C)n1cc(C2CCNCC2)cn1. The van der Waals surface area contributed by atoms with E-state index in [1.165, 1.54) is 18.4 Å². The zero-order chi connectivity index (χ0) is 10.7. The summed E-state index contributed by atoms with van der Waals surface area (Å²) in [6, 6.07) is 0.528. The Hall–Kier alpha value is -0.830. The van der Waals surface area contributed by atoms with Crippen LogP contribution in [0, 0.1) is 0 Å². The lowest BCUT2D eigenvalue weighted by atomic mass is 9.93. The summed E-state index contributed by atoms with van der Waals surface area (Å²) in [6.07, 6.45) is 7.96. The van der Waals surface area contributed by atoms with Gasteiger partial charge in [0.25, 0.3) is 0 Å². The quantitative estimate of drug-likeness (QED) is 0.824. The predicted octanol–water partition coefficient (Wildman–Crippen LogP) is 2.32. The lowest BCUT2D eigenvalue weighted by molar-refractivity contribution is 0.456. The van der Waals surface area contributed by atoms with Crippen molar-refractivity contribution in [1.29, 1.82) is 0 Å². The fourth-order valence-corrected chi connectivity index (χ4v) is 2.15. The van der Waals surface area contributed by atoms with Crippen molar-refractivity contribution in [3.05, 3.63) is 18.0 Å². The van der Waals surface area contributed by atoms with E-state index in [4.69, 9.17) is 0 Å². The van der Waals surface area contributed by atoms with E-state index >= 15 is 0 Å². The molecule has 0 aliphatic carbocycles. The van der Waals surface area contributed by atoms with Gasteiger partial charge in [-0.25, -0.2) is 0 Å². The van der Waals surface area contributed by atoms with Crippen molar-refractivity contribution in [3.8, 4) is 0 Å². The zero-order valence-electron chi connectivity index (χ0n) is 9.74. The van der Waals surface area contributed by atoms with E-state index in [9.17, 15) is 0 Å². The van der Waals surface area contributed by atoms with Gasteiger partial charge in [0.1, 0.15) is 0 Å². The van der Waals surface area contributed by atoms with Crippen LogP contribution in [-0.4, -0.2) is 22.9 Å². The molecule has 1 aromatic rings. The highest BCUT2D eigenvalue weighted by atomic mass is 15.3. The summed E-state index contributed by atoms with van der Waals surface area (Å²) in [4.78, 5) is 0. The Morgan fingerprint density at radius 3 is 2.93 bits per heavy atom. The van der Waals surface area contributed by atoms with Crippen LogP contribution in [0.5, 0.6) is 0 Å². The first-order valence-corrected chi connectivity index (χ1v) is 6.06. The van der Waals surface area contributed by atoms with E-state index in [0.717, 1.165) is 25.4 Å². The highest BCUT2D eigenvalue weighted by Crippen LogP contribution is 2.25. The molecular weight excluding hydrogens is 186 g/mol. The first-order chi connectivity index (χ1) is 7.31. The first kappa shape index (κ1) is 10.7. The molecule has 1 aliphatic rings. The molecule has 1 fully saturated rings. The Morgan fingerprint density at radius 1 is 1.53 bits per heavy atom. The molecular formula is C12H21N3. The van der Waals surface area contributed by atoms with Crippen molar-refractivity contribution in [3.63, 3.8) is 0 Å². The van der Waals surface area contributed by atoms with E-state index in [0.29, 0.717) is 6.04 Å². The normalized spacial score (nSPS) is 20.4. The van der Waals surface area contributed by atoms with Gasteiger partial charge in [-0.3, -0.25) is 4.68 Å². The van der Waals surface area contributed by atoms with Crippen LogP contribution in [-0.2, 0) is 0 Å². The summed E-state index contributed by atoms with van der Waals surface area (Å²) >= 11 is 0. The maximum Gasteiger partial charge on any atom is 0.0524 e. The van der Waals surface area contributed by atoms with Crippen LogP contribution in [0.2, 0.25) is 0 Å². The average molecular weight is 207 g/mol. The standard InChI is InChI=1S/C12H21N3/c1-3-10(2)15-9-12(8-14-15)11-4-6-13-7-5-11/h8-11,13H,3-7H2,1-2H3/t10-/m0/s1. The molecule has 0 saturated carbocycles. The molecule has 2 rings (SSSR count). The van der Waals surface area contributed by atoms with Crippen molar-refractivity contribution < 1.29 is 0 Å². The number of hydrogen-bond acceptors (Lipinski definition) is 2. The molecule has 84 valence electrons. The third kappa shape index (κ3) is 2.40. The summed E-state index contributed by atoms with van der Waals surface area (Å²) in [5.41, 5.74) is 1.43. The van der Waals surface area contributed by atoms with Crippen LogP contribution < -0.4 is 5.32 Å². The second-order valence-electron chi connectivity index (χ2n) is 4.54. The number of nitrogens with one attached hydrogen (secondary N) is 1. The Balaban J connectivity index is 2.05. The molecule has 3 nitrogen and oxygen atoms in total. The lowest BCUT2D eigenvalue weighted by Crippen LogP contribution is -2.26. The van der Waals surface area contributed by atoms with Gasteiger partial charge < -0.3 is 5.32 Å². The Bertz CT molecular complexity index is 300. The highest BCUT2D eigenvalue weighted by Gasteiger charge is 2.17. The number of piperidine rings is 1. The first-order valence-electron chi connectivity index (χ1n) is 6.06. The minimum atomic E-state index is 0.528. The van der Waals surface area contributed by atoms with Crippen molar-refractivity contribution in [2.45, 2.75) is 45.1 Å². The third-order valence-electron chi connectivity index (χ3n) is 3.47.